The van der Waals surface area contributed by atoms with Gasteiger partial charge in [-0.1, -0.05) is 0 Å². The number of hydrogen-bond donors (Lipinski definition) is 2. The molecule has 5 heteroatoms. The topological polar surface area (TPSA) is 74.6 Å². The summed E-state index contributed by atoms with van der Waals surface area (Å²) < 4.78 is 0. The van der Waals surface area contributed by atoms with Crippen LogP contribution in [0.4, 0.5) is 0 Å². The van der Waals surface area contributed by atoms with Crippen LogP contribution in [0.3, 0.4) is 0 Å². The van der Waals surface area contributed by atoms with Gasteiger partial charge >= 0.3 is 170 Å². The third-order valence-electron chi connectivity index (χ3n) is 6.34. The summed E-state index contributed by atoms with van der Waals surface area (Å²) in [5, 5.41) is 19.5. The zero-order valence-corrected chi connectivity index (χ0v) is 19.2. The number of benzene rings is 3. The molecular weight excluding hydrogens is 419 g/mol. The van der Waals surface area contributed by atoms with Gasteiger partial charge in [0.2, 0.25) is 0 Å². The number of hydrogen-bond acceptors (Lipinski definition) is 2. The van der Waals surface area contributed by atoms with E-state index in [0.717, 1.165) is 5.66 Å². The van der Waals surface area contributed by atoms with Gasteiger partial charge in [-0.15, -0.1) is 0 Å². The van der Waals surface area contributed by atoms with E-state index in [2.05, 4.69) is 91.0 Å². The van der Waals surface area contributed by atoms with Crippen molar-refractivity contribution in [3.63, 3.8) is 0 Å². The molecule has 0 spiro atoms. The number of carboxylic acids is 2. The van der Waals surface area contributed by atoms with Crippen LogP contribution in [0.1, 0.15) is 38.5 Å². The Bertz CT molecular complexity index is 873. The Morgan fingerprint density at radius 3 is 1.16 bits per heavy atom. The molecule has 0 radical (unpaired) electrons. The molecule has 0 amide bonds. The molecule has 0 heterocycles. The van der Waals surface area contributed by atoms with Crippen molar-refractivity contribution in [1.29, 1.82) is 0 Å². The van der Waals surface area contributed by atoms with E-state index in [1.165, 1.54) is 38.5 Å². The summed E-state index contributed by atoms with van der Waals surface area (Å²) >= 11 is 0. The van der Waals surface area contributed by atoms with Crippen molar-refractivity contribution in [3.05, 3.63) is 91.0 Å². The summed E-state index contributed by atoms with van der Waals surface area (Å²) in [5.41, 5.74) is 0.775. The third-order valence-corrected chi connectivity index (χ3v) is 11.9. The van der Waals surface area contributed by atoms with Gasteiger partial charge in [0.15, 0.2) is 0 Å². The van der Waals surface area contributed by atoms with Crippen molar-refractivity contribution in [3.8, 4) is 0 Å². The van der Waals surface area contributed by atoms with Crippen LogP contribution in [0, 0.1) is 0 Å². The summed E-state index contributed by atoms with van der Waals surface area (Å²) in [6, 6.07) is 34.3. The van der Waals surface area contributed by atoms with Gasteiger partial charge in [-0.05, 0) is 0 Å². The first-order valence-corrected chi connectivity index (χ1v) is 13.3. The molecule has 32 heavy (non-hydrogen) atoms. The molecule has 2 N–H and O–H groups in total. The van der Waals surface area contributed by atoms with Crippen molar-refractivity contribution in [2.75, 3.05) is 0 Å². The van der Waals surface area contributed by atoms with Crippen molar-refractivity contribution in [1.82, 2.24) is 0 Å². The predicted octanol–water partition coefficient (Wildman–Crippen LogP) is 4.59. The van der Waals surface area contributed by atoms with Crippen molar-refractivity contribution in [2.24, 2.45) is 0 Å². The first-order chi connectivity index (χ1) is 15.6. The fourth-order valence-electron chi connectivity index (χ4n) is 5.02. The fraction of sp³-hybridized carbons (Fsp3) is 0.259. The molecule has 4 rings (SSSR count). The van der Waals surface area contributed by atoms with E-state index < -0.39 is 19.2 Å². The SMILES string of the molecule is O=C(O)C(=O)O.c1ccc([PH](c2ccccc2)(c2ccccc2)C2CCCCCC2)cc1. The Hall–Kier alpha value is -2.97. The van der Waals surface area contributed by atoms with Gasteiger partial charge in [-0.3, -0.25) is 0 Å². The molecule has 0 bridgehead atoms. The van der Waals surface area contributed by atoms with E-state index in [9.17, 15) is 0 Å². The van der Waals surface area contributed by atoms with E-state index >= 15 is 0 Å². The third kappa shape index (κ3) is 5.44. The maximum absolute atomic E-state index is 9.10. The zero-order chi connectivity index (χ0) is 22.8. The summed E-state index contributed by atoms with van der Waals surface area (Å²) in [7, 11) is -2.06. The number of aliphatic carboxylic acids is 2. The Morgan fingerprint density at radius 1 is 0.562 bits per heavy atom. The number of carboxylic acid groups (broad SMARTS) is 2. The molecule has 0 atom stereocenters. The zero-order valence-electron chi connectivity index (χ0n) is 18.2. The first-order valence-electron chi connectivity index (χ1n) is 11.2. The fourth-order valence-corrected chi connectivity index (χ4v) is 10.9. The second-order valence-corrected chi connectivity index (χ2v) is 12.4. The van der Waals surface area contributed by atoms with Gasteiger partial charge in [0.05, 0.1) is 0 Å². The van der Waals surface area contributed by atoms with Crippen LogP contribution in [-0.2, 0) is 9.59 Å². The van der Waals surface area contributed by atoms with Crippen LogP contribution >= 0.6 is 7.26 Å². The Morgan fingerprint density at radius 2 is 0.875 bits per heavy atom. The Balaban J connectivity index is 0.000000427. The Labute approximate surface area is 190 Å². The van der Waals surface area contributed by atoms with Crippen molar-refractivity contribution < 1.29 is 19.8 Å². The molecule has 0 unspecified atom stereocenters. The molecular formula is C27H31O4P. The minimum absolute atomic E-state index is 0.775. The number of carbonyl (C=O) groups is 2. The predicted molar refractivity (Wildman–Crippen MR) is 133 cm³/mol. The summed E-state index contributed by atoms with van der Waals surface area (Å²) in [5.74, 6) is -3.65. The second-order valence-electron chi connectivity index (χ2n) is 8.20. The van der Waals surface area contributed by atoms with Gasteiger partial charge in [-0.25, -0.2) is 9.59 Å². The molecule has 1 saturated carbocycles. The monoisotopic (exact) mass is 450 g/mol. The van der Waals surface area contributed by atoms with Crippen LogP contribution in [0.15, 0.2) is 91.0 Å². The first kappa shape index (κ1) is 23.7. The molecule has 4 nitrogen and oxygen atoms in total. The van der Waals surface area contributed by atoms with Gasteiger partial charge in [-0.2, -0.15) is 0 Å². The average Bonchev–Trinajstić information content (AvgIpc) is 3.12. The maximum atomic E-state index is 9.10. The van der Waals surface area contributed by atoms with E-state index in [-0.39, 0.29) is 0 Å². The van der Waals surface area contributed by atoms with Gasteiger partial charge in [0.25, 0.3) is 0 Å². The Kier molecular flexibility index (Phi) is 8.58. The molecule has 0 saturated heterocycles. The average molecular weight is 451 g/mol. The molecule has 0 aliphatic heterocycles. The van der Waals surface area contributed by atoms with Crippen LogP contribution in [0.2, 0.25) is 0 Å². The van der Waals surface area contributed by atoms with Gasteiger partial charge < -0.3 is 10.2 Å². The van der Waals surface area contributed by atoms with Crippen LogP contribution in [0.25, 0.3) is 0 Å². The molecule has 1 aliphatic carbocycles. The van der Waals surface area contributed by atoms with Crippen LogP contribution in [0.5, 0.6) is 0 Å². The van der Waals surface area contributed by atoms with Crippen LogP contribution in [-0.4, -0.2) is 27.8 Å². The quantitative estimate of drug-likeness (QED) is 0.346. The summed E-state index contributed by atoms with van der Waals surface area (Å²) in [6.07, 6.45) is 8.30. The van der Waals surface area contributed by atoms with Crippen LogP contribution < -0.4 is 15.9 Å². The molecule has 3 aromatic rings. The molecule has 0 aromatic heterocycles. The van der Waals surface area contributed by atoms with E-state index in [1.54, 1.807) is 15.9 Å². The molecule has 3 aromatic carbocycles. The summed E-state index contributed by atoms with van der Waals surface area (Å²) in [4.78, 5) is 18.2. The molecule has 1 aliphatic rings. The molecule has 1 fully saturated rings. The standard InChI is InChI=1S/C25H29P.C2H2O4/c1-2-7-15-22(14-6-1)26(23-16-8-3-9-17-23,24-18-10-4-11-19-24)25-20-12-5-13-21-25;3-1(4)2(5)6/h3-5,8-13,16-22,26H,1-2,6-7,14-15H2;(H,3,4)(H,5,6). The van der Waals surface area contributed by atoms with Gasteiger partial charge in [0, 0.05) is 0 Å². The number of rotatable bonds is 4. The van der Waals surface area contributed by atoms with E-state index in [0.29, 0.717) is 0 Å². The summed E-state index contributed by atoms with van der Waals surface area (Å²) in [6.45, 7) is 0. The van der Waals surface area contributed by atoms with Crippen molar-refractivity contribution in [2.45, 2.75) is 44.2 Å². The molecule has 168 valence electrons. The normalized spacial score (nSPS) is 15.0. The van der Waals surface area contributed by atoms with Gasteiger partial charge in [0.1, 0.15) is 0 Å². The second kappa shape index (κ2) is 11.6. The van der Waals surface area contributed by atoms with Crippen molar-refractivity contribution >= 4 is 35.1 Å². The van der Waals surface area contributed by atoms with E-state index in [4.69, 9.17) is 19.8 Å². The minimum atomic E-state index is -2.06. The van der Waals surface area contributed by atoms with E-state index in [1.807, 2.05) is 0 Å².